The summed E-state index contributed by atoms with van der Waals surface area (Å²) in [6.45, 7) is 1.80. The number of rotatable bonds is 1. The van der Waals surface area contributed by atoms with Gasteiger partial charge in [-0.1, -0.05) is 34.8 Å². The smallest absolute Gasteiger partial charge is 0.149 e. The number of aryl methyl sites for hydroxylation is 1. The fraction of sp³-hybridized carbons (Fsp3) is 0.0769. The summed E-state index contributed by atoms with van der Waals surface area (Å²) >= 11 is 18.2. The third kappa shape index (κ3) is 2.18. The SMILES string of the molecule is Cc1nc(Cl)c2ccn(-c3ccc(Cl)cc3Cl)c2n1. The molecule has 0 atom stereocenters. The van der Waals surface area contributed by atoms with Crippen molar-refractivity contribution in [3.8, 4) is 5.69 Å². The van der Waals surface area contributed by atoms with Crippen LogP contribution in [-0.4, -0.2) is 14.5 Å². The van der Waals surface area contributed by atoms with Crippen molar-refractivity contribution in [3.05, 3.63) is 51.5 Å². The van der Waals surface area contributed by atoms with Crippen molar-refractivity contribution in [1.29, 1.82) is 0 Å². The van der Waals surface area contributed by atoms with Crippen LogP contribution in [0.25, 0.3) is 16.7 Å². The van der Waals surface area contributed by atoms with Gasteiger partial charge >= 0.3 is 0 Å². The van der Waals surface area contributed by atoms with Gasteiger partial charge < -0.3 is 0 Å². The molecular formula is C13H8Cl3N3. The van der Waals surface area contributed by atoms with Gasteiger partial charge in [0.1, 0.15) is 16.6 Å². The predicted octanol–water partition coefficient (Wildman–Crippen LogP) is 4.69. The summed E-state index contributed by atoms with van der Waals surface area (Å²) in [5.41, 5.74) is 1.52. The quantitative estimate of drug-likeness (QED) is 0.610. The van der Waals surface area contributed by atoms with E-state index >= 15 is 0 Å². The maximum absolute atomic E-state index is 6.22. The summed E-state index contributed by atoms with van der Waals surface area (Å²) in [5.74, 6) is 0.613. The molecule has 0 amide bonds. The van der Waals surface area contributed by atoms with Crippen LogP contribution in [0.4, 0.5) is 0 Å². The van der Waals surface area contributed by atoms with Crippen molar-refractivity contribution in [2.75, 3.05) is 0 Å². The van der Waals surface area contributed by atoms with Crippen LogP contribution in [0.5, 0.6) is 0 Å². The number of aromatic nitrogens is 3. The van der Waals surface area contributed by atoms with Crippen LogP contribution >= 0.6 is 34.8 Å². The van der Waals surface area contributed by atoms with Gasteiger partial charge in [-0.25, -0.2) is 9.97 Å². The molecule has 0 saturated carbocycles. The highest BCUT2D eigenvalue weighted by Crippen LogP contribution is 2.29. The summed E-state index contributed by atoms with van der Waals surface area (Å²) in [7, 11) is 0. The summed E-state index contributed by atoms with van der Waals surface area (Å²) in [6, 6.07) is 7.18. The van der Waals surface area contributed by atoms with Gasteiger partial charge in [0.25, 0.3) is 0 Å². The molecule has 0 saturated heterocycles. The Morgan fingerprint density at radius 1 is 1.05 bits per heavy atom. The summed E-state index contributed by atoms with van der Waals surface area (Å²) in [5, 5.41) is 2.37. The van der Waals surface area contributed by atoms with E-state index in [0.29, 0.717) is 21.0 Å². The minimum absolute atomic E-state index is 0.436. The molecule has 3 nitrogen and oxygen atoms in total. The van der Waals surface area contributed by atoms with Gasteiger partial charge in [0.15, 0.2) is 0 Å². The maximum Gasteiger partial charge on any atom is 0.149 e. The Balaban J connectivity index is 2.31. The second-order valence-corrected chi connectivity index (χ2v) is 5.28. The Kier molecular flexibility index (Phi) is 3.13. The highest BCUT2D eigenvalue weighted by molar-refractivity contribution is 6.36. The van der Waals surface area contributed by atoms with Crippen molar-refractivity contribution >= 4 is 45.8 Å². The van der Waals surface area contributed by atoms with E-state index < -0.39 is 0 Å². The summed E-state index contributed by atoms with van der Waals surface area (Å²) < 4.78 is 1.87. The minimum atomic E-state index is 0.436. The lowest BCUT2D eigenvalue weighted by Crippen LogP contribution is -1.97. The first kappa shape index (κ1) is 12.7. The van der Waals surface area contributed by atoms with Gasteiger partial charge in [-0.3, -0.25) is 4.57 Å². The zero-order valence-corrected chi connectivity index (χ0v) is 12.1. The van der Waals surface area contributed by atoms with Gasteiger partial charge in [0, 0.05) is 11.2 Å². The molecule has 0 spiro atoms. The molecule has 0 aliphatic rings. The number of fused-ring (bicyclic) bond motifs is 1. The molecule has 2 heterocycles. The molecule has 96 valence electrons. The molecule has 3 rings (SSSR count). The average molecular weight is 313 g/mol. The molecule has 0 radical (unpaired) electrons. The van der Waals surface area contributed by atoms with Crippen LogP contribution in [0.1, 0.15) is 5.82 Å². The molecule has 6 heteroatoms. The first-order chi connectivity index (χ1) is 9.06. The molecule has 19 heavy (non-hydrogen) atoms. The van der Waals surface area contributed by atoms with Gasteiger partial charge in [-0.05, 0) is 31.2 Å². The van der Waals surface area contributed by atoms with Gasteiger partial charge in [0.05, 0.1) is 16.1 Å². The van der Waals surface area contributed by atoms with E-state index in [0.717, 1.165) is 16.7 Å². The number of nitrogens with zero attached hydrogens (tertiary/aromatic N) is 3. The molecule has 0 bridgehead atoms. The van der Waals surface area contributed by atoms with Crippen LogP contribution in [0.3, 0.4) is 0 Å². The van der Waals surface area contributed by atoms with E-state index in [9.17, 15) is 0 Å². The van der Waals surface area contributed by atoms with Gasteiger partial charge in [-0.2, -0.15) is 0 Å². The maximum atomic E-state index is 6.22. The number of benzene rings is 1. The lowest BCUT2D eigenvalue weighted by atomic mass is 10.3. The van der Waals surface area contributed by atoms with Gasteiger partial charge in [0.2, 0.25) is 0 Å². The van der Waals surface area contributed by atoms with E-state index in [1.807, 2.05) is 22.9 Å². The van der Waals surface area contributed by atoms with Crippen molar-refractivity contribution in [3.63, 3.8) is 0 Å². The number of hydrogen-bond donors (Lipinski definition) is 0. The second kappa shape index (κ2) is 4.67. The largest absolute Gasteiger partial charge is 0.300 e. The third-order valence-electron chi connectivity index (χ3n) is 2.78. The van der Waals surface area contributed by atoms with Crippen LogP contribution in [0.2, 0.25) is 15.2 Å². The first-order valence-corrected chi connectivity index (χ1v) is 6.66. The van der Waals surface area contributed by atoms with Crippen LogP contribution in [0, 0.1) is 6.92 Å². The molecular weight excluding hydrogens is 305 g/mol. The highest BCUT2D eigenvalue weighted by atomic mass is 35.5. The van der Waals surface area contributed by atoms with E-state index in [4.69, 9.17) is 34.8 Å². The Morgan fingerprint density at radius 2 is 1.84 bits per heavy atom. The Bertz CT molecular complexity index is 780. The molecule has 1 aromatic carbocycles. The Labute approximate surface area is 124 Å². The van der Waals surface area contributed by atoms with Crippen molar-refractivity contribution in [2.24, 2.45) is 0 Å². The first-order valence-electron chi connectivity index (χ1n) is 5.53. The molecule has 0 aliphatic heterocycles. The molecule has 2 aromatic heterocycles. The standard InChI is InChI=1S/C13H8Cl3N3/c1-7-17-12(16)9-4-5-19(13(9)18-7)11-3-2-8(14)6-10(11)15/h2-6H,1H3. The zero-order valence-electron chi connectivity index (χ0n) is 9.86. The predicted molar refractivity (Wildman–Crippen MR) is 78.6 cm³/mol. The lowest BCUT2D eigenvalue weighted by molar-refractivity contribution is 1.03. The van der Waals surface area contributed by atoms with Crippen LogP contribution in [-0.2, 0) is 0 Å². The van der Waals surface area contributed by atoms with Crippen molar-refractivity contribution in [2.45, 2.75) is 6.92 Å². The number of hydrogen-bond acceptors (Lipinski definition) is 2. The van der Waals surface area contributed by atoms with E-state index in [-0.39, 0.29) is 0 Å². The fourth-order valence-corrected chi connectivity index (χ4v) is 2.72. The topological polar surface area (TPSA) is 30.7 Å². The van der Waals surface area contributed by atoms with Crippen molar-refractivity contribution in [1.82, 2.24) is 14.5 Å². The highest BCUT2D eigenvalue weighted by Gasteiger charge is 2.12. The normalized spacial score (nSPS) is 11.2. The minimum Gasteiger partial charge on any atom is -0.300 e. The average Bonchev–Trinajstić information content (AvgIpc) is 2.73. The fourth-order valence-electron chi connectivity index (χ4n) is 1.95. The monoisotopic (exact) mass is 311 g/mol. The zero-order chi connectivity index (χ0) is 13.6. The van der Waals surface area contributed by atoms with E-state index in [1.165, 1.54) is 0 Å². The number of halogens is 3. The van der Waals surface area contributed by atoms with E-state index in [2.05, 4.69) is 9.97 Å². The molecule has 0 unspecified atom stereocenters. The second-order valence-electron chi connectivity index (χ2n) is 4.08. The van der Waals surface area contributed by atoms with Crippen LogP contribution in [0.15, 0.2) is 30.5 Å². The molecule has 0 aliphatic carbocycles. The van der Waals surface area contributed by atoms with E-state index in [1.54, 1.807) is 19.1 Å². The summed E-state index contributed by atoms with van der Waals surface area (Å²) in [6.07, 6.45) is 1.86. The molecule has 3 aromatic rings. The third-order valence-corrected chi connectivity index (χ3v) is 3.60. The Hall–Kier alpha value is -1.29. The lowest BCUT2D eigenvalue weighted by Gasteiger charge is -2.08. The summed E-state index contributed by atoms with van der Waals surface area (Å²) in [4.78, 5) is 8.54. The van der Waals surface area contributed by atoms with Crippen molar-refractivity contribution < 1.29 is 0 Å². The molecule has 0 N–H and O–H groups in total. The molecule has 0 fully saturated rings. The Morgan fingerprint density at radius 3 is 2.58 bits per heavy atom. The van der Waals surface area contributed by atoms with Gasteiger partial charge in [-0.15, -0.1) is 0 Å². The van der Waals surface area contributed by atoms with Crippen LogP contribution < -0.4 is 0 Å².